The lowest BCUT2D eigenvalue weighted by molar-refractivity contribution is -0.160. The Morgan fingerprint density at radius 2 is 1.70 bits per heavy atom. The summed E-state index contributed by atoms with van der Waals surface area (Å²) in [5, 5.41) is 13.8. The summed E-state index contributed by atoms with van der Waals surface area (Å²) in [6, 6.07) is 22.9. The Morgan fingerprint density at radius 3 is 2.30 bits per heavy atom. The number of ether oxygens (including phenoxy) is 3. The molecule has 12 heteroatoms. The molecule has 3 amide bonds. The second kappa shape index (κ2) is 16.5. The van der Waals surface area contributed by atoms with Crippen LogP contribution in [0.25, 0.3) is 0 Å². The molecular formula is C41H44BrN3O8. The van der Waals surface area contributed by atoms with Crippen LogP contribution in [0.2, 0.25) is 0 Å². The van der Waals surface area contributed by atoms with E-state index in [4.69, 9.17) is 14.2 Å². The lowest BCUT2D eigenvalue weighted by Crippen LogP contribution is -2.57. The molecule has 3 aliphatic rings. The van der Waals surface area contributed by atoms with Crippen LogP contribution in [-0.2, 0) is 28.7 Å². The first-order valence-corrected chi connectivity index (χ1v) is 18.6. The van der Waals surface area contributed by atoms with E-state index in [9.17, 15) is 19.5 Å². The summed E-state index contributed by atoms with van der Waals surface area (Å²) in [6.07, 6.45) is 2.59. The summed E-state index contributed by atoms with van der Waals surface area (Å²) in [5.41, 5.74) is 0.391. The van der Waals surface area contributed by atoms with E-state index < -0.39 is 70.9 Å². The van der Waals surface area contributed by atoms with Gasteiger partial charge in [-0.3, -0.25) is 19.2 Å². The number of fused-ring (bicyclic) bond motifs is 1. The summed E-state index contributed by atoms with van der Waals surface area (Å²) in [7, 11) is 1.55. The predicted octanol–water partition coefficient (Wildman–Crippen LogP) is 5.06. The smallest absolute Gasteiger partial charge is 0.313 e. The van der Waals surface area contributed by atoms with Crippen molar-refractivity contribution in [1.29, 1.82) is 0 Å². The molecule has 2 N–H and O–H groups in total. The van der Waals surface area contributed by atoms with Crippen LogP contribution >= 0.6 is 15.9 Å². The molecule has 0 aliphatic carbocycles. The van der Waals surface area contributed by atoms with Crippen LogP contribution in [-0.4, -0.2) is 83.1 Å². The van der Waals surface area contributed by atoms with Crippen molar-refractivity contribution < 1.29 is 38.5 Å². The number of hydrogen-bond acceptors (Lipinski definition) is 8. The number of allylic oxidation sites excluding steroid dienone is 1. The van der Waals surface area contributed by atoms with Crippen LogP contribution in [0.1, 0.15) is 42.5 Å². The third-order valence-corrected chi connectivity index (χ3v) is 11.2. The number of alkyl halides is 1. The first-order chi connectivity index (χ1) is 25.7. The number of aliphatic hydroxyl groups is 1. The zero-order valence-electron chi connectivity index (χ0n) is 29.5. The standard InChI is InChI=1S/C41H44BrN3O8/c1-4-6-17-33(47)43-24-32(27-15-11-8-12-16-27)52-40(50)34-35-38(48)45(31(25-46)26-13-9-7-10-14-26)37(41(35)23-30(42)36(34)53-41)39(49)44(22-5-2)28-18-20-29(51-3)21-19-28/h4-5,7-16,18-21,30-32,34-37,46H,1-2,6,17,22-25H2,3H3,(H,43,47)/t30?,31-,32-,34+,35-,36+,37+,41-/m1/s1. The number of methoxy groups -OCH3 is 1. The number of rotatable bonds is 16. The Bertz CT molecular complexity index is 1810. The molecule has 0 radical (unpaired) electrons. The number of anilines is 1. The first-order valence-electron chi connectivity index (χ1n) is 17.7. The molecule has 11 nitrogen and oxygen atoms in total. The number of nitrogens with one attached hydrogen (secondary N) is 1. The highest BCUT2D eigenvalue weighted by atomic mass is 79.9. The lowest BCUT2D eigenvalue weighted by atomic mass is 9.70. The number of esters is 1. The molecular weight excluding hydrogens is 742 g/mol. The SMILES string of the molecule is C=CCCC(=O)NC[C@@H](OC(=O)[C@@H]1[C@H]2O[C@@]3(CC2Br)[C@H](C(=O)N(CC=C)c2ccc(OC)cc2)N([C@H](CO)c2ccccc2)C(=O)[C@@H]13)c1ccccc1. The summed E-state index contributed by atoms with van der Waals surface area (Å²) >= 11 is 3.73. The summed E-state index contributed by atoms with van der Waals surface area (Å²) < 4.78 is 18.3. The van der Waals surface area contributed by atoms with Gasteiger partial charge in [-0.1, -0.05) is 88.7 Å². The molecule has 3 aromatic rings. The van der Waals surface area contributed by atoms with E-state index in [0.29, 0.717) is 29.0 Å². The van der Waals surface area contributed by atoms with Crippen molar-refractivity contribution >= 4 is 45.3 Å². The van der Waals surface area contributed by atoms with Gasteiger partial charge in [0.2, 0.25) is 11.8 Å². The van der Waals surface area contributed by atoms with Crippen LogP contribution in [0.15, 0.2) is 110 Å². The molecule has 0 aromatic heterocycles. The van der Waals surface area contributed by atoms with Gasteiger partial charge in [0.15, 0.2) is 0 Å². The largest absolute Gasteiger partial charge is 0.497 e. The number of amides is 3. The van der Waals surface area contributed by atoms with Crippen molar-refractivity contribution in [1.82, 2.24) is 10.2 Å². The Kier molecular flexibility index (Phi) is 11.8. The zero-order valence-corrected chi connectivity index (χ0v) is 31.1. The van der Waals surface area contributed by atoms with Crippen molar-refractivity contribution in [3.05, 3.63) is 121 Å². The van der Waals surface area contributed by atoms with E-state index in [0.717, 1.165) is 0 Å². The second-order valence-electron chi connectivity index (χ2n) is 13.4. The molecule has 1 unspecified atom stereocenters. The normalized spacial score (nSPS) is 25.2. The van der Waals surface area contributed by atoms with Crippen LogP contribution in [0.4, 0.5) is 5.69 Å². The number of likely N-dealkylation sites (tertiary alicyclic amines) is 1. The van der Waals surface area contributed by atoms with Gasteiger partial charge in [-0.25, -0.2) is 0 Å². The Hall–Kier alpha value is -4.78. The van der Waals surface area contributed by atoms with Gasteiger partial charge in [0.25, 0.3) is 5.91 Å². The average molecular weight is 787 g/mol. The van der Waals surface area contributed by atoms with E-state index >= 15 is 4.79 Å². The zero-order chi connectivity index (χ0) is 37.7. The fourth-order valence-electron chi connectivity index (χ4n) is 7.98. The minimum Gasteiger partial charge on any atom is -0.497 e. The number of benzene rings is 3. The quantitative estimate of drug-likeness (QED) is 0.117. The van der Waals surface area contributed by atoms with Crippen molar-refractivity contribution in [2.75, 3.05) is 31.7 Å². The van der Waals surface area contributed by atoms with Gasteiger partial charge in [0.05, 0.1) is 44.2 Å². The predicted molar refractivity (Wildman–Crippen MR) is 202 cm³/mol. The number of halogens is 1. The van der Waals surface area contributed by atoms with Gasteiger partial charge in [-0.2, -0.15) is 0 Å². The molecule has 3 heterocycles. The minimum atomic E-state index is -1.44. The van der Waals surface area contributed by atoms with Gasteiger partial charge in [0, 0.05) is 23.5 Å². The van der Waals surface area contributed by atoms with E-state index in [1.54, 1.807) is 79.9 Å². The number of carbonyl (C=O) groups excluding carboxylic acids is 4. The fraction of sp³-hybridized carbons (Fsp3) is 0.366. The molecule has 53 heavy (non-hydrogen) atoms. The molecule has 0 saturated carbocycles. The first kappa shape index (κ1) is 38.0. The Balaban J connectivity index is 1.39. The number of aliphatic hydroxyl groups excluding tert-OH is 1. The van der Waals surface area contributed by atoms with Crippen molar-refractivity contribution in [2.45, 2.75) is 54.0 Å². The molecule has 2 bridgehead atoms. The van der Waals surface area contributed by atoms with Crippen LogP contribution in [0.5, 0.6) is 5.75 Å². The maximum Gasteiger partial charge on any atom is 0.313 e. The van der Waals surface area contributed by atoms with Gasteiger partial charge in [0.1, 0.15) is 23.5 Å². The molecule has 1 spiro atoms. The van der Waals surface area contributed by atoms with Gasteiger partial charge in [-0.15, -0.1) is 13.2 Å². The van der Waals surface area contributed by atoms with E-state index in [-0.39, 0.29) is 31.8 Å². The van der Waals surface area contributed by atoms with E-state index in [1.807, 2.05) is 24.3 Å². The van der Waals surface area contributed by atoms with E-state index in [1.165, 1.54) is 9.80 Å². The van der Waals surface area contributed by atoms with Crippen LogP contribution in [0, 0.1) is 11.8 Å². The molecule has 3 saturated heterocycles. The molecule has 8 atom stereocenters. The maximum atomic E-state index is 15.1. The minimum absolute atomic E-state index is 0.0116. The topological polar surface area (TPSA) is 135 Å². The summed E-state index contributed by atoms with van der Waals surface area (Å²) in [4.78, 5) is 59.7. The number of nitrogens with zero attached hydrogens (tertiary/aromatic N) is 2. The molecule has 6 rings (SSSR count). The highest BCUT2D eigenvalue weighted by molar-refractivity contribution is 9.09. The highest BCUT2D eigenvalue weighted by Crippen LogP contribution is 2.61. The molecule has 3 fully saturated rings. The average Bonchev–Trinajstić information content (AvgIpc) is 3.78. The van der Waals surface area contributed by atoms with Gasteiger partial charge >= 0.3 is 5.97 Å². The molecule has 3 aliphatic heterocycles. The third-order valence-electron chi connectivity index (χ3n) is 10.4. The van der Waals surface area contributed by atoms with Gasteiger partial charge in [-0.05, 0) is 48.2 Å². The van der Waals surface area contributed by atoms with Crippen molar-refractivity contribution in [3.63, 3.8) is 0 Å². The van der Waals surface area contributed by atoms with Crippen LogP contribution < -0.4 is 15.0 Å². The Morgan fingerprint density at radius 1 is 1.04 bits per heavy atom. The summed E-state index contributed by atoms with van der Waals surface area (Å²) in [5.74, 6) is -3.42. The maximum absolute atomic E-state index is 15.1. The second-order valence-corrected chi connectivity index (χ2v) is 14.6. The van der Waals surface area contributed by atoms with E-state index in [2.05, 4.69) is 34.4 Å². The molecule has 278 valence electrons. The fourth-order valence-corrected chi connectivity index (χ4v) is 8.93. The Labute approximate surface area is 317 Å². The number of carbonyl (C=O) groups is 4. The summed E-state index contributed by atoms with van der Waals surface area (Å²) in [6.45, 7) is 7.20. The molecule has 3 aromatic carbocycles. The monoisotopic (exact) mass is 785 g/mol. The van der Waals surface area contributed by atoms with Crippen LogP contribution in [0.3, 0.4) is 0 Å². The third kappa shape index (κ3) is 7.27. The van der Waals surface area contributed by atoms with Gasteiger partial charge < -0.3 is 34.4 Å². The van der Waals surface area contributed by atoms with Crippen molar-refractivity contribution in [2.24, 2.45) is 11.8 Å². The lowest BCUT2D eigenvalue weighted by Gasteiger charge is -2.39. The number of hydrogen-bond donors (Lipinski definition) is 2. The van der Waals surface area contributed by atoms with Crippen molar-refractivity contribution in [3.8, 4) is 5.75 Å². The highest BCUT2D eigenvalue weighted by Gasteiger charge is 2.77.